The lowest BCUT2D eigenvalue weighted by Crippen LogP contribution is -2.13. The van der Waals surface area contributed by atoms with E-state index in [1.165, 1.54) is 0 Å². The standard InChI is InChI=1S/C22H18ClN3O4/c1-13-16-5-3-4-6-17(16)24-18(11-28-2)20(13)22(27)29-12-19-25-26-21(30-19)14-7-9-15(23)10-8-14/h3-10H,11-12H2,1-2H3. The number of esters is 1. The molecule has 7 nitrogen and oxygen atoms in total. The van der Waals surface area contributed by atoms with Crippen molar-refractivity contribution in [1.82, 2.24) is 15.2 Å². The van der Waals surface area contributed by atoms with Crippen molar-refractivity contribution in [2.45, 2.75) is 20.1 Å². The molecule has 4 aromatic rings. The van der Waals surface area contributed by atoms with Gasteiger partial charge >= 0.3 is 5.97 Å². The summed E-state index contributed by atoms with van der Waals surface area (Å²) in [4.78, 5) is 17.4. The summed E-state index contributed by atoms with van der Waals surface area (Å²) in [5.74, 6) is -0.0154. The Morgan fingerprint density at radius 1 is 1.07 bits per heavy atom. The molecule has 0 atom stereocenters. The maximum atomic E-state index is 12.9. The highest BCUT2D eigenvalue weighted by Crippen LogP contribution is 2.25. The Bertz CT molecular complexity index is 1200. The number of fused-ring (bicyclic) bond motifs is 1. The zero-order chi connectivity index (χ0) is 21.1. The van der Waals surface area contributed by atoms with Crippen LogP contribution in [0, 0.1) is 6.92 Å². The summed E-state index contributed by atoms with van der Waals surface area (Å²) < 4.78 is 16.3. The molecule has 2 heterocycles. The highest BCUT2D eigenvalue weighted by Gasteiger charge is 2.21. The highest BCUT2D eigenvalue weighted by molar-refractivity contribution is 6.30. The van der Waals surface area contributed by atoms with Crippen LogP contribution in [0.3, 0.4) is 0 Å². The minimum Gasteiger partial charge on any atom is -0.452 e. The number of benzene rings is 2. The largest absolute Gasteiger partial charge is 0.452 e. The van der Waals surface area contributed by atoms with Crippen molar-refractivity contribution in [3.8, 4) is 11.5 Å². The first kappa shape index (κ1) is 20.0. The van der Waals surface area contributed by atoms with Crippen LogP contribution < -0.4 is 0 Å². The zero-order valence-electron chi connectivity index (χ0n) is 16.4. The Labute approximate surface area is 177 Å². The third-order valence-electron chi connectivity index (χ3n) is 4.60. The summed E-state index contributed by atoms with van der Waals surface area (Å²) in [6.45, 7) is 1.90. The molecule has 0 bridgehead atoms. The third kappa shape index (κ3) is 4.03. The second kappa shape index (κ2) is 8.61. The van der Waals surface area contributed by atoms with Crippen LogP contribution in [0.5, 0.6) is 0 Å². The maximum absolute atomic E-state index is 12.9. The molecular formula is C22H18ClN3O4. The molecule has 0 aliphatic heterocycles. The smallest absolute Gasteiger partial charge is 0.340 e. The first-order valence-corrected chi connectivity index (χ1v) is 9.57. The molecule has 0 fully saturated rings. The topological polar surface area (TPSA) is 87.3 Å². The SMILES string of the molecule is COCc1nc2ccccc2c(C)c1C(=O)OCc1nnc(-c2ccc(Cl)cc2)o1. The number of aryl methyl sites for hydroxylation is 1. The van der Waals surface area contributed by atoms with Crippen LogP contribution >= 0.6 is 11.6 Å². The van der Waals surface area contributed by atoms with Gasteiger partial charge in [0, 0.05) is 23.1 Å². The maximum Gasteiger partial charge on any atom is 0.340 e. The molecule has 30 heavy (non-hydrogen) atoms. The van der Waals surface area contributed by atoms with Crippen molar-refractivity contribution in [3.63, 3.8) is 0 Å². The molecule has 2 aromatic carbocycles. The van der Waals surface area contributed by atoms with E-state index in [4.69, 9.17) is 25.5 Å². The average Bonchev–Trinajstić information content (AvgIpc) is 3.22. The van der Waals surface area contributed by atoms with E-state index in [1.54, 1.807) is 31.4 Å². The number of carbonyl (C=O) groups is 1. The summed E-state index contributed by atoms with van der Waals surface area (Å²) >= 11 is 5.89. The van der Waals surface area contributed by atoms with E-state index in [-0.39, 0.29) is 19.1 Å². The molecule has 0 aliphatic rings. The normalized spacial score (nSPS) is 11.0. The lowest BCUT2D eigenvalue weighted by Gasteiger charge is -2.13. The fourth-order valence-electron chi connectivity index (χ4n) is 3.17. The molecule has 4 rings (SSSR count). The van der Waals surface area contributed by atoms with Crippen LogP contribution in [0.4, 0.5) is 0 Å². The van der Waals surface area contributed by atoms with E-state index < -0.39 is 5.97 Å². The molecule has 0 radical (unpaired) electrons. The number of rotatable bonds is 6. The molecule has 0 saturated carbocycles. The monoisotopic (exact) mass is 423 g/mol. The molecule has 8 heteroatoms. The summed E-state index contributed by atoms with van der Waals surface area (Å²) in [5.41, 5.74) is 3.20. The van der Waals surface area contributed by atoms with Gasteiger partial charge < -0.3 is 13.9 Å². The molecule has 0 saturated heterocycles. The molecule has 0 spiro atoms. The van der Waals surface area contributed by atoms with Crippen molar-refractivity contribution < 1.29 is 18.7 Å². The Morgan fingerprint density at radius 3 is 2.60 bits per heavy atom. The number of nitrogens with zero attached hydrogens (tertiary/aromatic N) is 3. The van der Waals surface area contributed by atoms with Crippen LogP contribution in [0.2, 0.25) is 5.02 Å². The van der Waals surface area contributed by atoms with Gasteiger partial charge in [0.15, 0.2) is 6.61 Å². The fraction of sp³-hybridized carbons (Fsp3) is 0.182. The van der Waals surface area contributed by atoms with E-state index in [1.807, 2.05) is 31.2 Å². The van der Waals surface area contributed by atoms with Crippen LogP contribution in [0.15, 0.2) is 52.9 Å². The highest BCUT2D eigenvalue weighted by atomic mass is 35.5. The molecular weight excluding hydrogens is 406 g/mol. The third-order valence-corrected chi connectivity index (χ3v) is 4.85. The van der Waals surface area contributed by atoms with Crippen LogP contribution in [-0.4, -0.2) is 28.3 Å². The number of methoxy groups -OCH3 is 1. The Kier molecular flexibility index (Phi) is 5.74. The number of aromatic nitrogens is 3. The Hall–Kier alpha value is -3.29. The number of halogens is 1. The molecule has 2 aromatic heterocycles. The first-order chi connectivity index (χ1) is 14.6. The predicted octanol–water partition coefficient (Wildman–Crippen LogP) is 4.75. The molecule has 0 N–H and O–H groups in total. The zero-order valence-corrected chi connectivity index (χ0v) is 17.1. The van der Waals surface area contributed by atoms with Gasteiger partial charge in [0.25, 0.3) is 5.89 Å². The average molecular weight is 424 g/mol. The Morgan fingerprint density at radius 2 is 1.83 bits per heavy atom. The molecule has 0 aliphatic carbocycles. The number of carbonyl (C=O) groups excluding carboxylic acids is 1. The Balaban J connectivity index is 1.56. The molecule has 0 amide bonds. The lowest BCUT2D eigenvalue weighted by molar-refractivity contribution is 0.0432. The van der Waals surface area contributed by atoms with Crippen molar-refractivity contribution in [2.24, 2.45) is 0 Å². The van der Waals surface area contributed by atoms with Gasteiger partial charge in [-0.15, -0.1) is 10.2 Å². The summed E-state index contributed by atoms with van der Waals surface area (Å²) in [6, 6.07) is 14.6. The van der Waals surface area contributed by atoms with E-state index in [2.05, 4.69) is 15.2 Å². The van der Waals surface area contributed by atoms with E-state index in [9.17, 15) is 4.79 Å². The second-order valence-corrected chi connectivity index (χ2v) is 7.03. The second-order valence-electron chi connectivity index (χ2n) is 6.59. The van der Waals surface area contributed by atoms with Gasteiger partial charge in [0.1, 0.15) is 0 Å². The van der Waals surface area contributed by atoms with Crippen LogP contribution in [0.25, 0.3) is 22.4 Å². The summed E-state index contributed by atoms with van der Waals surface area (Å²) in [6.07, 6.45) is 0. The number of hydrogen-bond donors (Lipinski definition) is 0. The number of pyridine rings is 1. The van der Waals surface area contributed by atoms with E-state index in [0.717, 1.165) is 22.0 Å². The molecule has 152 valence electrons. The van der Waals surface area contributed by atoms with E-state index >= 15 is 0 Å². The number of ether oxygens (including phenoxy) is 2. The fourth-order valence-corrected chi connectivity index (χ4v) is 3.30. The van der Waals surface area contributed by atoms with Crippen molar-refractivity contribution in [1.29, 1.82) is 0 Å². The summed E-state index contributed by atoms with van der Waals surface area (Å²) in [5, 5.41) is 9.42. The van der Waals surface area contributed by atoms with Crippen molar-refractivity contribution in [3.05, 3.63) is 76.3 Å². The van der Waals surface area contributed by atoms with Gasteiger partial charge in [-0.1, -0.05) is 29.8 Å². The van der Waals surface area contributed by atoms with Gasteiger partial charge in [0.2, 0.25) is 5.89 Å². The molecule has 0 unspecified atom stereocenters. The van der Waals surface area contributed by atoms with Gasteiger partial charge in [-0.3, -0.25) is 0 Å². The predicted molar refractivity (Wildman–Crippen MR) is 111 cm³/mol. The number of hydrogen-bond acceptors (Lipinski definition) is 7. The van der Waals surface area contributed by atoms with Crippen LogP contribution in [-0.2, 0) is 22.7 Å². The summed E-state index contributed by atoms with van der Waals surface area (Å²) in [7, 11) is 1.55. The van der Waals surface area contributed by atoms with Crippen molar-refractivity contribution >= 4 is 28.5 Å². The lowest BCUT2D eigenvalue weighted by atomic mass is 10.0. The van der Waals surface area contributed by atoms with Gasteiger partial charge in [-0.25, -0.2) is 9.78 Å². The quantitative estimate of drug-likeness (QED) is 0.413. The first-order valence-electron chi connectivity index (χ1n) is 9.19. The van der Waals surface area contributed by atoms with Gasteiger partial charge in [-0.2, -0.15) is 0 Å². The number of para-hydroxylation sites is 1. The van der Waals surface area contributed by atoms with E-state index in [0.29, 0.717) is 22.2 Å². The van der Waals surface area contributed by atoms with Gasteiger partial charge in [0.05, 0.1) is 23.4 Å². The minimum atomic E-state index is -0.524. The minimum absolute atomic E-state index is 0.155. The van der Waals surface area contributed by atoms with Crippen molar-refractivity contribution in [2.75, 3.05) is 7.11 Å². The van der Waals surface area contributed by atoms with Crippen LogP contribution in [0.1, 0.15) is 27.5 Å². The van der Waals surface area contributed by atoms with Gasteiger partial charge in [-0.05, 0) is 42.8 Å².